The smallest absolute Gasteiger partial charge is 0.147 e. The number of thiazole rings is 1. The van der Waals surface area contributed by atoms with E-state index in [2.05, 4.69) is 44.4 Å². The normalized spacial score (nSPS) is 11.1. The summed E-state index contributed by atoms with van der Waals surface area (Å²) in [7, 11) is 2.01. The number of anilines is 1. The summed E-state index contributed by atoms with van der Waals surface area (Å²) in [6, 6.07) is 0. The first kappa shape index (κ1) is 15.9. The molecule has 5 nitrogen and oxygen atoms in total. The van der Waals surface area contributed by atoms with Crippen LogP contribution in [0.15, 0.2) is 17.8 Å². The molecule has 0 aliphatic carbocycles. The molecule has 2 heterocycles. The van der Waals surface area contributed by atoms with Crippen LogP contribution in [0, 0.1) is 12.8 Å². The standard InChI is InChI=1S/C15H23N5S/c1-11(2)5-16-6-13-7-18-15(8-17-13)20(4)9-14-10-21-12(3)19-14/h7-8,10-11,16H,5-6,9H2,1-4H3. The molecule has 0 aromatic carbocycles. The highest BCUT2D eigenvalue weighted by molar-refractivity contribution is 7.09. The molecular weight excluding hydrogens is 282 g/mol. The lowest BCUT2D eigenvalue weighted by molar-refractivity contribution is 0.547. The van der Waals surface area contributed by atoms with E-state index in [1.165, 1.54) is 0 Å². The molecule has 114 valence electrons. The van der Waals surface area contributed by atoms with Crippen molar-refractivity contribution in [2.75, 3.05) is 18.5 Å². The average Bonchev–Trinajstić information content (AvgIpc) is 2.84. The second-order valence-corrected chi connectivity index (χ2v) is 6.67. The first-order chi connectivity index (χ1) is 10.0. The van der Waals surface area contributed by atoms with Crippen LogP contribution in [0.5, 0.6) is 0 Å². The topological polar surface area (TPSA) is 53.9 Å². The van der Waals surface area contributed by atoms with Gasteiger partial charge >= 0.3 is 0 Å². The van der Waals surface area contributed by atoms with Crippen LogP contribution >= 0.6 is 11.3 Å². The third kappa shape index (κ3) is 5.06. The Morgan fingerprint density at radius 2 is 2.05 bits per heavy atom. The molecule has 2 aromatic heterocycles. The quantitative estimate of drug-likeness (QED) is 0.852. The lowest BCUT2D eigenvalue weighted by Crippen LogP contribution is -2.21. The monoisotopic (exact) mass is 305 g/mol. The van der Waals surface area contributed by atoms with Crippen molar-refractivity contribution in [2.45, 2.75) is 33.9 Å². The van der Waals surface area contributed by atoms with Crippen LogP contribution in [0.25, 0.3) is 0 Å². The molecule has 0 aliphatic rings. The van der Waals surface area contributed by atoms with Gasteiger partial charge in [-0.1, -0.05) is 13.8 Å². The van der Waals surface area contributed by atoms with Gasteiger partial charge in [0.25, 0.3) is 0 Å². The van der Waals surface area contributed by atoms with Gasteiger partial charge in [-0.15, -0.1) is 11.3 Å². The molecule has 0 aliphatic heterocycles. The maximum Gasteiger partial charge on any atom is 0.147 e. The Morgan fingerprint density at radius 1 is 1.24 bits per heavy atom. The van der Waals surface area contributed by atoms with Crippen molar-refractivity contribution >= 4 is 17.2 Å². The molecule has 0 amide bonds. The molecule has 0 saturated heterocycles. The van der Waals surface area contributed by atoms with Crippen LogP contribution in [0.2, 0.25) is 0 Å². The number of hydrogen-bond donors (Lipinski definition) is 1. The van der Waals surface area contributed by atoms with E-state index < -0.39 is 0 Å². The molecule has 6 heteroatoms. The number of nitrogens with zero attached hydrogens (tertiary/aromatic N) is 4. The number of aromatic nitrogens is 3. The molecule has 1 N–H and O–H groups in total. The summed E-state index contributed by atoms with van der Waals surface area (Å²) in [5, 5.41) is 6.55. The Balaban J connectivity index is 1.88. The second kappa shape index (κ2) is 7.47. The van der Waals surface area contributed by atoms with Crippen molar-refractivity contribution in [3.8, 4) is 0 Å². The van der Waals surface area contributed by atoms with E-state index >= 15 is 0 Å². The van der Waals surface area contributed by atoms with Gasteiger partial charge in [-0.3, -0.25) is 4.98 Å². The van der Waals surface area contributed by atoms with Crippen molar-refractivity contribution in [3.63, 3.8) is 0 Å². The molecule has 2 aromatic rings. The van der Waals surface area contributed by atoms with Gasteiger partial charge in [0.05, 0.1) is 35.3 Å². The molecule has 0 radical (unpaired) electrons. The zero-order chi connectivity index (χ0) is 15.2. The Hall–Kier alpha value is -1.53. The summed E-state index contributed by atoms with van der Waals surface area (Å²) in [4.78, 5) is 15.5. The second-order valence-electron chi connectivity index (χ2n) is 5.60. The fraction of sp³-hybridized carbons (Fsp3) is 0.533. The predicted octanol–water partition coefficient (Wildman–Crippen LogP) is 2.62. The van der Waals surface area contributed by atoms with Gasteiger partial charge in [0, 0.05) is 19.0 Å². The molecule has 2 rings (SSSR count). The zero-order valence-electron chi connectivity index (χ0n) is 13.1. The summed E-state index contributed by atoms with van der Waals surface area (Å²) in [6.45, 7) is 8.91. The van der Waals surface area contributed by atoms with Gasteiger partial charge in [0.1, 0.15) is 5.82 Å². The van der Waals surface area contributed by atoms with Crippen molar-refractivity contribution < 1.29 is 0 Å². The summed E-state index contributed by atoms with van der Waals surface area (Å²) >= 11 is 1.67. The first-order valence-electron chi connectivity index (χ1n) is 7.18. The van der Waals surface area contributed by atoms with Gasteiger partial charge < -0.3 is 10.2 Å². The molecule has 0 spiro atoms. The van der Waals surface area contributed by atoms with E-state index in [4.69, 9.17) is 0 Å². The molecule has 0 saturated carbocycles. The fourth-order valence-electron chi connectivity index (χ4n) is 1.93. The van der Waals surface area contributed by atoms with E-state index in [0.717, 1.165) is 41.8 Å². The van der Waals surface area contributed by atoms with Crippen molar-refractivity contribution in [3.05, 3.63) is 34.2 Å². The van der Waals surface area contributed by atoms with Gasteiger partial charge in [0.15, 0.2) is 0 Å². The Kier molecular flexibility index (Phi) is 5.64. The maximum absolute atomic E-state index is 4.48. The lowest BCUT2D eigenvalue weighted by atomic mass is 10.2. The van der Waals surface area contributed by atoms with Gasteiger partial charge in [-0.05, 0) is 19.4 Å². The molecule has 21 heavy (non-hydrogen) atoms. The number of nitrogens with one attached hydrogen (secondary N) is 1. The Morgan fingerprint density at radius 3 is 2.62 bits per heavy atom. The van der Waals surface area contributed by atoms with Crippen molar-refractivity contribution in [1.29, 1.82) is 0 Å². The van der Waals surface area contributed by atoms with E-state index in [0.29, 0.717) is 5.92 Å². The van der Waals surface area contributed by atoms with Gasteiger partial charge in [0.2, 0.25) is 0 Å². The fourth-order valence-corrected chi connectivity index (χ4v) is 2.53. The van der Waals surface area contributed by atoms with Crippen LogP contribution in [0.3, 0.4) is 0 Å². The first-order valence-corrected chi connectivity index (χ1v) is 8.06. The maximum atomic E-state index is 4.48. The van der Waals surface area contributed by atoms with Crippen LogP contribution < -0.4 is 10.2 Å². The number of rotatable bonds is 7. The molecule has 0 fully saturated rings. The van der Waals surface area contributed by atoms with Crippen LogP contribution in [0.4, 0.5) is 5.82 Å². The van der Waals surface area contributed by atoms with Gasteiger partial charge in [-0.2, -0.15) is 0 Å². The zero-order valence-corrected chi connectivity index (χ0v) is 13.9. The highest BCUT2D eigenvalue weighted by Crippen LogP contribution is 2.14. The summed E-state index contributed by atoms with van der Waals surface area (Å²) in [6.07, 6.45) is 3.66. The summed E-state index contributed by atoms with van der Waals surface area (Å²) in [5.74, 6) is 1.51. The minimum absolute atomic E-state index is 0.643. The largest absolute Gasteiger partial charge is 0.352 e. The average molecular weight is 305 g/mol. The van der Waals surface area contributed by atoms with E-state index in [1.54, 1.807) is 11.3 Å². The number of aryl methyl sites for hydroxylation is 1. The van der Waals surface area contributed by atoms with Crippen LogP contribution in [-0.2, 0) is 13.1 Å². The van der Waals surface area contributed by atoms with Gasteiger partial charge in [-0.25, -0.2) is 9.97 Å². The third-order valence-corrected chi connectivity index (χ3v) is 3.83. The van der Waals surface area contributed by atoms with Crippen LogP contribution in [0.1, 0.15) is 30.2 Å². The van der Waals surface area contributed by atoms with Crippen LogP contribution in [-0.4, -0.2) is 28.5 Å². The van der Waals surface area contributed by atoms with Crippen molar-refractivity contribution in [2.24, 2.45) is 5.92 Å². The summed E-state index contributed by atoms with van der Waals surface area (Å²) < 4.78 is 0. The molecular formula is C15H23N5S. The predicted molar refractivity (Wildman–Crippen MR) is 87.5 cm³/mol. The molecule has 0 atom stereocenters. The molecule has 0 bridgehead atoms. The van der Waals surface area contributed by atoms with E-state index in [-0.39, 0.29) is 0 Å². The SMILES string of the molecule is Cc1nc(CN(C)c2cnc(CNCC(C)C)cn2)cs1. The minimum atomic E-state index is 0.643. The minimum Gasteiger partial charge on any atom is -0.352 e. The lowest BCUT2D eigenvalue weighted by Gasteiger charge is -2.16. The van der Waals surface area contributed by atoms with Crippen molar-refractivity contribution in [1.82, 2.24) is 20.3 Å². The highest BCUT2D eigenvalue weighted by atomic mass is 32.1. The summed E-state index contributed by atoms with van der Waals surface area (Å²) in [5.41, 5.74) is 2.04. The van der Waals surface area contributed by atoms with E-state index in [1.807, 2.05) is 26.4 Å². The Labute approximate surface area is 130 Å². The van der Waals surface area contributed by atoms with E-state index in [9.17, 15) is 0 Å². The molecule has 0 unspecified atom stereocenters. The number of hydrogen-bond acceptors (Lipinski definition) is 6. The third-order valence-electron chi connectivity index (χ3n) is 3.01. The highest BCUT2D eigenvalue weighted by Gasteiger charge is 2.07. The Bertz CT molecular complexity index is 549.